The summed E-state index contributed by atoms with van der Waals surface area (Å²) < 4.78 is 30.0. The summed E-state index contributed by atoms with van der Waals surface area (Å²) in [6.07, 6.45) is -0.502. The molecular weight excluding hydrogens is 140 g/mol. The van der Waals surface area contributed by atoms with E-state index in [2.05, 4.69) is 10.1 Å². The first kappa shape index (κ1) is 7.88. The first-order valence-electron chi connectivity index (χ1n) is 3.28. The van der Waals surface area contributed by atoms with Crippen LogP contribution in [0.2, 0.25) is 0 Å². The molecule has 2 nitrogen and oxygen atoms in total. The lowest BCUT2D eigenvalue weighted by molar-refractivity contribution is -0.135. The van der Waals surface area contributed by atoms with E-state index < -0.39 is 12.0 Å². The van der Waals surface area contributed by atoms with Crippen LogP contribution >= 0.6 is 0 Å². The van der Waals surface area contributed by atoms with Crippen LogP contribution in [0.5, 0.6) is 0 Å². The van der Waals surface area contributed by atoms with Crippen LogP contribution in [0, 0.1) is 0 Å². The summed E-state index contributed by atoms with van der Waals surface area (Å²) in [4.78, 5) is 0. The fraction of sp³-hybridized carbons (Fsp3) is 1.00. The Morgan fingerprint density at radius 2 is 2.30 bits per heavy atom. The van der Waals surface area contributed by atoms with Crippen molar-refractivity contribution >= 4 is 0 Å². The van der Waals surface area contributed by atoms with E-state index in [1.807, 2.05) is 0 Å². The Balaban J connectivity index is 2.51. The SMILES string of the molecule is CO[C@H]1CCNCC1(F)F. The number of rotatable bonds is 1. The predicted molar refractivity (Wildman–Crippen MR) is 33.2 cm³/mol. The summed E-state index contributed by atoms with van der Waals surface area (Å²) in [6, 6.07) is 0. The van der Waals surface area contributed by atoms with Crippen LogP contribution in [0.4, 0.5) is 8.78 Å². The van der Waals surface area contributed by atoms with Crippen LogP contribution < -0.4 is 5.32 Å². The van der Waals surface area contributed by atoms with Gasteiger partial charge in [0.25, 0.3) is 5.92 Å². The van der Waals surface area contributed by atoms with Gasteiger partial charge in [0.1, 0.15) is 6.10 Å². The molecule has 10 heavy (non-hydrogen) atoms. The standard InChI is InChI=1S/C6H11F2NO/c1-10-5-2-3-9-4-6(5,7)8/h5,9H,2-4H2,1H3/t5-/m0/s1. The minimum absolute atomic E-state index is 0.258. The molecule has 1 rings (SSSR count). The van der Waals surface area contributed by atoms with Gasteiger partial charge >= 0.3 is 0 Å². The monoisotopic (exact) mass is 151 g/mol. The third-order valence-corrected chi connectivity index (χ3v) is 1.70. The Kier molecular flexibility index (Phi) is 2.21. The van der Waals surface area contributed by atoms with Crippen molar-refractivity contribution in [3.63, 3.8) is 0 Å². The molecule has 0 amide bonds. The summed E-state index contributed by atoms with van der Waals surface area (Å²) in [5.74, 6) is -2.69. The van der Waals surface area contributed by atoms with Gasteiger partial charge in [-0.1, -0.05) is 0 Å². The highest BCUT2D eigenvalue weighted by Crippen LogP contribution is 2.24. The number of piperidine rings is 1. The Bertz CT molecular complexity index is 118. The molecule has 60 valence electrons. The molecule has 1 fully saturated rings. The van der Waals surface area contributed by atoms with Crippen molar-refractivity contribution in [2.45, 2.75) is 18.4 Å². The normalized spacial score (nSPS) is 32.1. The highest BCUT2D eigenvalue weighted by molar-refractivity contribution is 4.84. The molecule has 0 saturated carbocycles. The largest absolute Gasteiger partial charge is 0.375 e. The van der Waals surface area contributed by atoms with E-state index in [1.165, 1.54) is 7.11 Å². The number of halogens is 2. The van der Waals surface area contributed by atoms with Crippen molar-refractivity contribution in [3.05, 3.63) is 0 Å². The molecule has 0 bridgehead atoms. The van der Waals surface area contributed by atoms with Gasteiger partial charge in [-0.25, -0.2) is 8.78 Å². The summed E-state index contributed by atoms with van der Waals surface area (Å²) in [5, 5.41) is 2.61. The molecule has 0 radical (unpaired) electrons. The second-order valence-corrected chi connectivity index (χ2v) is 2.45. The molecule has 1 saturated heterocycles. The van der Waals surface area contributed by atoms with Crippen LogP contribution in [0.15, 0.2) is 0 Å². The maximum Gasteiger partial charge on any atom is 0.285 e. The number of ether oxygens (including phenoxy) is 1. The second-order valence-electron chi connectivity index (χ2n) is 2.45. The fourth-order valence-corrected chi connectivity index (χ4v) is 1.10. The third kappa shape index (κ3) is 1.44. The molecule has 0 unspecified atom stereocenters. The first-order valence-corrected chi connectivity index (χ1v) is 3.28. The Morgan fingerprint density at radius 3 is 2.70 bits per heavy atom. The van der Waals surface area contributed by atoms with E-state index in [-0.39, 0.29) is 6.54 Å². The molecule has 1 aliphatic heterocycles. The molecule has 1 heterocycles. The average molecular weight is 151 g/mol. The molecule has 1 N–H and O–H groups in total. The molecule has 0 aromatic carbocycles. The zero-order valence-corrected chi connectivity index (χ0v) is 5.86. The van der Waals surface area contributed by atoms with Gasteiger partial charge in [0.15, 0.2) is 0 Å². The van der Waals surface area contributed by atoms with E-state index >= 15 is 0 Å². The van der Waals surface area contributed by atoms with E-state index in [0.717, 1.165) is 0 Å². The molecule has 0 aromatic heterocycles. The van der Waals surface area contributed by atoms with Crippen LogP contribution in [-0.2, 0) is 4.74 Å². The van der Waals surface area contributed by atoms with E-state index in [9.17, 15) is 8.78 Å². The van der Waals surface area contributed by atoms with Gasteiger partial charge in [-0.15, -0.1) is 0 Å². The molecule has 0 aromatic rings. The van der Waals surface area contributed by atoms with Crippen LogP contribution in [-0.4, -0.2) is 32.2 Å². The minimum atomic E-state index is -2.69. The van der Waals surface area contributed by atoms with Gasteiger partial charge in [0.05, 0.1) is 6.54 Å². The molecule has 0 aliphatic carbocycles. The van der Waals surface area contributed by atoms with Crippen LogP contribution in [0.3, 0.4) is 0 Å². The summed E-state index contributed by atoms with van der Waals surface area (Å²) in [7, 11) is 1.32. The number of hydrogen-bond acceptors (Lipinski definition) is 2. The molecule has 1 aliphatic rings. The molecule has 4 heteroatoms. The van der Waals surface area contributed by atoms with E-state index in [0.29, 0.717) is 13.0 Å². The highest BCUT2D eigenvalue weighted by atomic mass is 19.3. The summed E-state index contributed by atoms with van der Waals surface area (Å²) in [5.41, 5.74) is 0. The van der Waals surface area contributed by atoms with Crippen LogP contribution in [0.25, 0.3) is 0 Å². The zero-order valence-electron chi connectivity index (χ0n) is 5.86. The smallest absolute Gasteiger partial charge is 0.285 e. The van der Waals surface area contributed by atoms with Crippen molar-refractivity contribution in [1.82, 2.24) is 5.32 Å². The van der Waals surface area contributed by atoms with Gasteiger partial charge in [0.2, 0.25) is 0 Å². The van der Waals surface area contributed by atoms with Gasteiger partial charge in [0, 0.05) is 7.11 Å². The highest BCUT2D eigenvalue weighted by Gasteiger charge is 2.41. The summed E-state index contributed by atoms with van der Waals surface area (Å²) >= 11 is 0. The zero-order chi connectivity index (χ0) is 7.61. The number of methoxy groups -OCH3 is 1. The van der Waals surface area contributed by atoms with Crippen molar-refractivity contribution in [1.29, 1.82) is 0 Å². The lowest BCUT2D eigenvalue weighted by atomic mass is 10.1. The van der Waals surface area contributed by atoms with Gasteiger partial charge in [-0.3, -0.25) is 0 Å². The molecule has 1 atom stereocenters. The predicted octanol–water partition coefficient (Wildman–Crippen LogP) is 0.630. The van der Waals surface area contributed by atoms with Gasteiger partial charge in [-0.2, -0.15) is 0 Å². The number of alkyl halides is 2. The topological polar surface area (TPSA) is 21.3 Å². The summed E-state index contributed by atoms with van der Waals surface area (Å²) in [6.45, 7) is 0.361. The van der Waals surface area contributed by atoms with Crippen molar-refractivity contribution in [2.75, 3.05) is 20.2 Å². The number of hydrogen-bond donors (Lipinski definition) is 1. The Hall–Kier alpha value is -0.220. The molecule has 0 spiro atoms. The van der Waals surface area contributed by atoms with E-state index in [1.54, 1.807) is 0 Å². The average Bonchev–Trinajstić information content (AvgIpc) is 1.87. The minimum Gasteiger partial charge on any atom is -0.375 e. The Labute approximate surface area is 58.6 Å². The van der Waals surface area contributed by atoms with Crippen LogP contribution in [0.1, 0.15) is 6.42 Å². The third-order valence-electron chi connectivity index (χ3n) is 1.70. The van der Waals surface area contributed by atoms with E-state index in [4.69, 9.17) is 0 Å². The van der Waals surface area contributed by atoms with Gasteiger partial charge < -0.3 is 10.1 Å². The maximum atomic E-state index is 12.7. The lowest BCUT2D eigenvalue weighted by Gasteiger charge is -2.30. The first-order chi connectivity index (χ1) is 4.67. The van der Waals surface area contributed by atoms with Crippen molar-refractivity contribution < 1.29 is 13.5 Å². The van der Waals surface area contributed by atoms with Crippen molar-refractivity contribution in [2.24, 2.45) is 0 Å². The second kappa shape index (κ2) is 2.80. The van der Waals surface area contributed by atoms with Crippen molar-refractivity contribution in [3.8, 4) is 0 Å². The number of nitrogens with one attached hydrogen (secondary N) is 1. The fourth-order valence-electron chi connectivity index (χ4n) is 1.10. The molecular formula is C6H11F2NO. The Morgan fingerprint density at radius 1 is 1.60 bits per heavy atom. The lowest BCUT2D eigenvalue weighted by Crippen LogP contribution is -2.50. The maximum absolute atomic E-state index is 12.7. The van der Waals surface area contributed by atoms with Gasteiger partial charge in [-0.05, 0) is 13.0 Å². The quantitative estimate of drug-likeness (QED) is 0.593.